The molecule has 0 unspecified atom stereocenters. The molecule has 0 bridgehead atoms. The highest BCUT2D eigenvalue weighted by atomic mass is 35.5. The molecule has 26 nitrogen and oxygen atoms in total. The summed E-state index contributed by atoms with van der Waals surface area (Å²) in [5, 5.41) is 13.1. The molecule has 0 aliphatic carbocycles. The van der Waals surface area contributed by atoms with E-state index in [-0.39, 0.29) is 101 Å². The number of carbonyl (C=O) groups excluding carboxylic acids is 7. The van der Waals surface area contributed by atoms with Crippen LogP contribution in [0.4, 0.5) is 4.79 Å². The molecular formula is C71H96ClN9O17S3. The van der Waals surface area contributed by atoms with Crippen molar-refractivity contribution in [1.29, 1.82) is 0 Å². The second kappa shape index (κ2) is 45.3. The van der Waals surface area contributed by atoms with Gasteiger partial charge in [-0.15, -0.1) is 0 Å². The maximum absolute atomic E-state index is 12.9. The predicted octanol–water partition coefficient (Wildman–Crippen LogP) is 0.454. The molecule has 6 atom stereocenters. The number of rotatable bonds is 37. The van der Waals surface area contributed by atoms with E-state index < -0.39 is 114 Å². The van der Waals surface area contributed by atoms with Gasteiger partial charge in [0.25, 0.3) is 16.0 Å². The van der Waals surface area contributed by atoms with Gasteiger partial charge in [-0.1, -0.05) is 182 Å². The molecule has 6 aromatic carbocycles. The molecule has 0 fully saturated rings. The summed E-state index contributed by atoms with van der Waals surface area (Å²) in [5.74, 6) is -4.17. The Hall–Kier alpha value is -8.65. The first-order valence-corrected chi connectivity index (χ1v) is 37.6. The van der Waals surface area contributed by atoms with Gasteiger partial charge in [0, 0.05) is 38.9 Å². The summed E-state index contributed by atoms with van der Waals surface area (Å²) in [4.78, 5) is 87.1. The first-order valence-electron chi connectivity index (χ1n) is 32.7. The van der Waals surface area contributed by atoms with Crippen LogP contribution in [0.2, 0.25) is 0 Å². The van der Waals surface area contributed by atoms with Crippen LogP contribution in [-0.4, -0.2) is 163 Å². The molecule has 5 amide bonds. The van der Waals surface area contributed by atoms with Gasteiger partial charge in [0.05, 0.1) is 36.5 Å². The maximum atomic E-state index is 12.9. The molecule has 0 aromatic heterocycles. The molecule has 101 heavy (non-hydrogen) atoms. The van der Waals surface area contributed by atoms with Crippen LogP contribution in [0.1, 0.15) is 80.8 Å². The first kappa shape index (κ1) is 86.6. The Labute approximate surface area is 599 Å². The summed E-state index contributed by atoms with van der Waals surface area (Å²) in [5.41, 5.74) is 14.3. The van der Waals surface area contributed by atoms with E-state index >= 15 is 0 Å². The monoisotopic (exact) mass is 1480 g/mol. The summed E-state index contributed by atoms with van der Waals surface area (Å²) < 4.78 is 101. The van der Waals surface area contributed by atoms with Crippen molar-refractivity contribution in [2.75, 3.05) is 50.1 Å². The molecule has 0 aliphatic heterocycles. The number of benzene rings is 6. The number of amides is 5. The van der Waals surface area contributed by atoms with E-state index in [9.17, 15) is 58.8 Å². The topological polar surface area (TPSA) is 408 Å². The van der Waals surface area contributed by atoms with Crippen molar-refractivity contribution in [2.45, 2.75) is 128 Å². The second-order valence-electron chi connectivity index (χ2n) is 24.1. The number of ether oxygens (including phenoxy) is 3. The van der Waals surface area contributed by atoms with Gasteiger partial charge in [-0.2, -0.15) is 8.42 Å². The van der Waals surface area contributed by atoms with Gasteiger partial charge in [-0.05, 0) is 100 Å². The second-order valence-corrected chi connectivity index (χ2v) is 29.4. The zero-order valence-electron chi connectivity index (χ0n) is 57.5. The average Bonchev–Trinajstić information content (AvgIpc) is 0.899. The minimum Gasteiger partial charge on any atom is -1.00 e. The van der Waals surface area contributed by atoms with Crippen LogP contribution in [0.3, 0.4) is 0 Å². The molecule has 30 heteroatoms. The summed E-state index contributed by atoms with van der Waals surface area (Å²) in [6.07, 6.45) is 1.17. The van der Waals surface area contributed by atoms with Crippen LogP contribution < -0.4 is 59.9 Å². The molecule has 0 radical (unpaired) electrons. The first-order chi connectivity index (χ1) is 47.4. The average molecular weight is 1480 g/mol. The van der Waals surface area contributed by atoms with E-state index in [1.807, 2.05) is 158 Å². The number of esters is 2. The zero-order chi connectivity index (χ0) is 73.6. The quantitative estimate of drug-likeness (QED) is 0.0110. The third-order valence-electron chi connectivity index (χ3n) is 14.3. The van der Waals surface area contributed by atoms with Crippen LogP contribution in [0.25, 0.3) is 0 Å². The van der Waals surface area contributed by atoms with E-state index in [1.54, 1.807) is 58.9 Å². The Morgan fingerprint density at radius 1 is 0.436 bits per heavy atom. The standard InChI is InChI=1S/C28H39N3O7S.C23H31N3O5S.C20H25N3O5S.ClH/c1-5-37-26(33)24(20-22-15-10-7-11-16-22)31-39(35,36)18-12-17-29-25(32)23(19-21-13-8-6-9-14-21)30-27(34)38-28(2,3)4;1-2-31-23(28)21(17-19-12-7-4-8-13-19)26-32(29,30)15-9-14-25-22(27)20(24)16-18-10-5-3-6-11-18;21-17(13-15-7-3-1-4-8-15)19(24)23-18(14-16-9-5-2-6-10-16)20(25)22-11-12-29(26,27)28;/h6-11,13-16,23-24,31H,5,12,17-20H2,1-4H3,(H,29,32)(H,30,34);3-8,10-13,20-21,26H,2,9,14-17,24H2,1H3,(H,25,27);1-10,17-18H,11-14,21H2,(H,22,25)(H,23,24)(H,26,27,28);1H/t23-,24-;20-,21-;17-,18-;/m000./s1. The van der Waals surface area contributed by atoms with Gasteiger partial charge in [-0.3, -0.25) is 33.3 Å². The fraction of sp³-hybridized carbons (Fsp3) is 0.394. The van der Waals surface area contributed by atoms with Gasteiger partial charge >= 0.3 is 18.0 Å². The SMILES string of the molecule is CCOC(=O)[C@H](Cc1ccccc1)NS(=O)(=O)CCCNC(=O)[C@@H]([NH3+])Cc1ccccc1.CCOC(=O)[C@H](Cc1ccccc1)NS(=O)(=O)CCCNC(=O)[C@H](Cc1ccccc1)NC(=O)OC(C)(C)C.N[C@@H](Cc1ccccc1)C(=O)N[C@@H](Cc1ccccc1)C(=O)NCCS(=O)(=O)O.[Cl-]. The van der Waals surface area contributed by atoms with E-state index in [2.05, 4.69) is 41.8 Å². The van der Waals surface area contributed by atoms with Gasteiger partial charge in [-0.25, -0.2) is 31.1 Å². The van der Waals surface area contributed by atoms with Crippen molar-refractivity contribution in [3.63, 3.8) is 0 Å². The molecule has 0 heterocycles. The Kier molecular flexibility index (Phi) is 38.8. The van der Waals surface area contributed by atoms with Crippen molar-refractivity contribution in [2.24, 2.45) is 5.73 Å². The number of hydrogen-bond donors (Lipinski definition) is 10. The minimum atomic E-state index is -4.20. The number of hydrogen-bond acceptors (Lipinski definition) is 17. The van der Waals surface area contributed by atoms with Crippen LogP contribution in [0.15, 0.2) is 182 Å². The number of nitrogens with two attached hydrogens (primary N) is 1. The normalized spacial score (nSPS) is 13.1. The molecule has 0 spiro atoms. The Bertz CT molecular complexity index is 3820. The lowest BCUT2D eigenvalue weighted by molar-refractivity contribution is -0.403. The number of alkyl carbamates (subject to hydrolysis) is 1. The summed E-state index contributed by atoms with van der Waals surface area (Å²) >= 11 is 0. The van der Waals surface area contributed by atoms with E-state index in [4.69, 9.17) is 24.5 Å². The Morgan fingerprint density at radius 2 is 0.743 bits per heavy atom. The number of nitrogens with one attached hydrogen (secondary N) is 7. The Balaban J connectivity index is 0.000000397. The summed E-state index contributed by atoms with van der Waals surface area (Å²) in [6.45, 7) is 8.74. The van der Waals surface area contributed by atoms with E-state index in [0.717, 1.165) is 33.4 Å². The van der Waals surface area contributed by atoms with E-state index in [1.165, 1.54) is 0 Å². The van der Waals surface area contributed by atoms with Gasteiger partial charge in [0.1, 0.15) is 29.8 Å². The third-order valence-corrected chi connectivity index (χ3v) is 18.0. The number of sulfonamides is 2. The van der Waals surface area contributed by atoms with Crippen molar-refractivity contribution in [1.82, 2.24) is 36.0 Å². The zero-order valence-corrected chi connectivity index (χ0v) is 60.7. The molecule has 552 valence electrons. The molecule has 6 rings (SSSR count). The lowest BCUT2D eigenvalue weighted by atomic mass is 10.0. The highest BCUT2D eigenvalue weighted by molar-refractivity contribution is 7.89. The van der Waals surface area contributed by atoms with Crippen LogP contribution in [0.5, 0.6) is 0 Å². The third kappa shape index (κ3) is 37.6. The van der Waals surface area contributed by atoms with Crippen molar-refractivity contribution >= 4 is 71.8 Å². The molecular weight excluding hydrogens is 1380 g/mol. The maximum Gasteiger partial charge on any atom is 0.408 e. The minimum absolute atomic E-state index is 0. The number of halogens is 1. The van der Waals surface area contributed by atoms with Crippen LogP contribution in [-0.2, 0) is 112 Å². The predicted molar refractivity (Wildman–Crippen MR) is 380 cm³/mol. The van der Waals surface area contributed by atoms with Crippen molar-refractivity contribution in [3.05, 3.63) is 215 Å². The molecule has 0 saturated carbocycles. The smallest absolute Gasteiger partial charge is 0.408 e. The highest BCUT2D eigenvalue weighted by Gasteiger charge is 2.30. The fourth-order valence-corrected chi connectivity index (χ4v) is 12.4. The van der Waals surface area contributed by atoms with Gasteiger partial charge < -0.3 is 64.7 Å². The summed E-state index contributed by atoms with van der Waals surface area (Å²) in [7, 11) is -11.8. The molecule has 0 saturated heterocycles. The molecule has 13 N–H and O–H groups in total. The lowest BCUT2D eigenvalue weighted by Gasteiger charge is -2.23. The van der Waals surface area contributed by atoms with Gasteiger partial charge in [0.2, 0.25) is 37.8 Å². The number of quaternary nitrogens is 1. The molecule has 0 aliphatic rings. The van der Waals surface area contributed by atoms with Gasteiger partial charge in [0.15, 0.2) is 6.04 Å². The van der Waals surface area contributed by atoms with E-state index in [0.29, 0.717) is 12.8 Å². The van der Waals surface area contributed by atoms with Crippen LogP contribution in [0, 0.1) is 0 Å². The lowest BCUT2D eigenvalue weighted by Crippen LogP contribution is -3.00. The van der Waals surface area contributed by atoms with Crippen molar-refractivity contribution in [3.8, 4) is 0 Å². The summed E-state index contributed by atoms with van der Waals surface area (Å²) in [6, 6.07) is 50.0. The van der Waals surface area contributed by atoms with Crippen molar-refractivity contribution < 1.29 is 95.7 Å². The number of carbonyl (C=O) groups is 7. The van der Waals surface area contributed by atoms with Crippen LogP contribution >= 0.6 is 0 Å². The Morgan fingerprint density at radius 3 is 1.08 bits per heavy atom. The fourth-order valence-electron chi connectivity index (χ4n) is 9.52. The molecule has 6 aromatic rings. The largest absolute Gasteiger partial charge is 1.00 e. The highest BCUT2D eigenvalue weighted by Crippen LogP contribution is 2.13.